The molecule has 1 aromatic rings. The van der Waals surface area contributed by atoms with Crippen LogP contribution in [0.5, 0.6) is 0 Å². The maximum atomic E-state index is 10.7. The van der Waals surface area contributed by atoms with Crippen LogP contribution in [0.25, 0.3) is 0 Å². The van der Waals surface area contributed by atoms with Gasteiger partial charge in [0.1, 0.15) is 17.7 Å². The number of aryl methyl sites for hydroxylation is 1. The zero-order valence-corrected chi connectivity index (χ0v) is 8.19. The quantitative estimate of drug-likeness (QED) is 0.751. The number of aliphatic carboxylic acids is 1. The number of aromatic nitrogens is 2. The van der Waals surface area contributed by atoms with E-state index in [2.05, 4.69) is 15.3 Å². The van der Waals surface area contributed by atoms with E-state index in [0.717, 1.165) is 0 Å². The first kappa shape index (κ1) is 10.4. The molecule has 76 valence electrons. The highest BCUT2D eigenvalue weighted by Crippen LogP contribution is 2.05. The first-order chi connectivity index (χ1) is 6.63. The maximum absolute atomic E-state index is 10.7. The Morgan fingerprint density at radius 1 is 1.71 bits per heavy atom. The second-order valence-electron chi connectivity index (χ2n) is 2.93. The maximum Gasteiger partial charge on any atom is 0.326 e. The molecule has 0 aliphatic heterocycles. The highest BCUT2D eigenvalue weighted by atomic mass is 16.4. The summed E-state index contributed by atoms with van der Waals surface area (Å²) in [4.78, 5) is 18.7. The minimum Gasteiger partial charge on any atom is -0.480 e. The number of nitrogens with zero attached hydrogens (tertiary/aromatic N) is 2. The van der Waals surface area contributed by atoms with Gasteiger partial charge in [0.05, 0.1) is 0 Å². The van der Waals surface area contributed by atoms with Crippen LogP contribution >= 0.6 is 0 Å². The topological polar surface area (TPSA) is 75.1 Å². The van der Waals surface area contributed by atoms with Gasteiger partial charge in [-0.25, -0.2) is 14.8 Å². The Kier molecular flexibility index (Phi) is 3.39. The van der Waals surface area contributed by atoms with Crippen LogP contribution in [-0.4, -0.2) is 27.1 Å². The van der Waals surface area contributed by atoms with E-state index in [9.17, 15) is 4.79 Å². The lowest BCUT2D eigenvalue weighted by Crippen LogP contribution is -2.28. The van der Waals surface area contributed by atoms with E-state index in [0.29, 0.717) is 18.1 Å². The summed E-state index contributed by atoms with van der Waals surface area (Å²) in [7, 11) is 0. The summed E-state index contributed by atoms with van der Waals surface area (Å²) >= 11 is 0. The summed E-state index contributed by atoms with van der Waals surface area (Å²) < 4.78 is 0. The Labute approximate surface area is 82.2 Å². The summed E-state index contributed by atoms with van der Waals surface area (Å²) in [6, 6.07) is 1.06. The van der Waals surface area contributed by atoms with Crippen molar-refractivity contribution in [2.45, 2.75) is 26.3 Å². The van der Waals surface area contributed by atoms with E-state index in [1.807, 2.05) is 0 Å². The molecule has 0 aliphatic rings. The Morgan fingerprint density at radius 3 is 2.93 bits per heavy atom. The Balaban J connectivity index is 2.72. The first-order valence-corrected chi connectivity index (χ1v) is 4.42. The van der Waals surface area contributed by atoms with Gasteiger partial charge >= 0.3 is 5.97 Å². The molecule has 2 N–H and O–H groups in total. The van der Waals surface area contributed by atoms with Crippen LogP contribution in [-0.2, 0) is 4.79 Å². The van der Waals surface area contributed by atoms with E-state index in [-0.39, 0.29) is 0 Å². The average molecular weight is 195 g/mol. The van der Waals surface area contributed by atoms with Crippen LogP contribution < -0.4 is 5.32 Å². The molecule has 0 radical (unpaired) electrons. The van der Waals surface area contributed by atoms with Gasteiger partial charge in [-0.1, -0.05) is 6.92 Å². The van der Waals surface area contributed by atoms with Crippen molar-refractivity contribution in [2.75, 3.05) is 5.32 Å². The van der Waals surface area contributed by atoms with Crippen molar-refractivity contribution in [3.05, 3.63) is 18.1 Å². The van der Waals surface area contributed by atoms with Crippen LogP contribution in [0.2, 0.25) is 0 Å². The molecular weight excluding hydrogens is 182 g/mol. The minimum atomic E-state index is -0.872. The molecular formula is C9H13N3O2. The van der Waals surface area contributed by atoms with Gasteiger partial charge in [0.2, 0.25) is 0 Å². The normalized spacial score (nSPS) is 12.1. The molecule has 1 atom stereocenters. The Morgan fingerprint density at radius 2 is 2.43 bits per heavy atom. The van der Waals surface area contributed by atoms with E-state index >= 15 is 0 Å². The molecule has 0 spiro atoms. The lowest BCUT2D eigenvalue weighted by molar-refractivity contribution is -0.137. The number of anilines is 1. The van der Waals surface area contributed by atoms with Gasteiger partial charge in [0.15, 0.2) is 0 Å². The van der Waals surface area contributed by atoms with Crippen molar-refractivity contribution in [1.82, 2.24) is 9.97 Å². The summed E-state index contributed by atoms with van der Waals surface area (Å²) in [5, 5.41) is 11.6. The molecule has 0 amide bonds. The van der Waals surface area contributed by atoms with E-state index in [1.165, 1.54) is 0 Å². The fraction of sp³-hybridized carbons (Fsp3) is 0.444. The molecule has 0 fully saturated rings. The second kappa shape index (κ2) is 4.55. The number of rotatable bonds is 4. The lowest BCUT2D eigenvalue weighted by atomic mass is 10.2. The number of hydrogen-bond donors (Lipinski definition) is 2. The third kappa shape index (κ3) is 2.69. The second-order valence-corrected chi connectivity index (χ2v) is 2.93. The van der Waals surface area contributed by atoms with Crippen LogP contribution in [0.1, 0.15) is 19.2 Å². The van der Waals surface area contributed by atoms with Gasteiger partial charge in [0.25, 0.3) is 0 Å². The molecule has 5 heteroatoms. The molecule has 14 heavy (non-hydrogen) atoms. The summed E-state index contributed by atoms with van der Waals surface area (Å²) in [5.41, 5.74) is 0. The third-order valence-corrected chi connectivity index (χ3v) is 1.80. The number of hydrogen-bond acceptors (Lipinski definition) is 4. The molecule has 0 aromatic carbocycles. The van der Waals surface area contributed by atoms with Crippen molar-refractivity contribution in [3.63, 3.8) is 0 Å². The molecule has 0 bridgehead atoms. The Bertz CT molecular complexity index is 328. The highest BCUT2D eigenvalue weighted by Gasteiger charge is 2.14. The first-order valence-electron chi connectivity index (χ1n) is 4.42. The fourth-order valence-electron chi connectivity index (χ4n) is 1.05. The van der Waals surface area contributed by atoms with Gasteiger partial charge in [-0.2, -0.15) is 0 Å². The smallest absolute Gasteiger partial charge is 0.326 e. The summed E-state index contributed by atoms with van der Waals surface area (Å²) in [6.07, 6.45) is 2.11. The van der Waals surface area contributed by atoms with Crippen LogP contribution in [0.15, 0.2) is 12.3 Å². The fourth-order valence-corrected chi connectivity index (χ4v) is 1.05. The van der Waals surface area contributed by atoms with Crippen molar-refractivity contribution in [2.24, 2.45) is 0 Å². The van der Waals surface area contributed by atoms with Gasteiger partial charge in [-0.3, -0.25) is 0 Å². The van der Waals surface area contributed by atoms with Crippen molar-refractivity contribution >= 4 is 11.8 Å². The number of carbonyl (C=O) groups is 1. The zero-order chi connectivity index (χ0) is 10.6. The highest BCUT2D eigenvalue weighted by molar-refractivity contribution is 5.76. The molecule has 1 unspecified atom stereocenters. The molecule has 0 saturated carbocycles. The number of carboxylic acid groups (broad SMARTS) is 1. The Hall–Kier alpha value is -1.65. The predicted molar refractivity (Wildman–Crippen MR) is 52.1 cm³/mol. The van der Waals surface area contributed by atoms with E-state index in [4.69, 9.17) is 5.11 Å². The lowest BCUT2D eigenvalue weighted by Gasteiger charge is -2.12. The van der Waals surface area contributed by atoms with Crippen LogP contribution in [0.4, 0.5) is 5.82 Å². The van der Waals surface area contributed by atoms with E-state index < -0.39 is 12.0 Å². The molecule has 1 aromatic heterocycles. The monoisotopic (exact) mass is 195 g/mol. The van der Waals surface area contributed by atoms with Crippen LogP contribution in [0, 0.1) is 6.92 Å². The van der Waals surface area contributed by atoms with Crippen molar-refractivity contribution in [1.29, 1.82) is 0 Å². The molecule has 5 nitrogen and oxygen atoms in total. The van der Waals surface area contributed by atoms with Gasteiger partial charge < -0.3 is 10.4 Å². The number of nitrogens with one attached hydrogen (secondary N) is 1. The molecule has 0 aliphatic carbocycles. The third-order valence-electron chi connectivity index (χ3n) is 1.80. The molecule has 1 heterocycles. The standard InChI is InChI=1S/C9H13N3O2/c1-3-7(9(13)14)12-8-4-5-10-6(2)11-8/h4-5,7H,3H2,1-2H3,(H,13,14)(H,10,11,12). The molecule has 0 saturated heterocycles. The van der Waals surface area contributed by atoms with Gasteiger partial charge in [-0.05, 0) is 19.4 Å². The van der Waals surface area contributed by atoms with Crippen molar-refractivity contribution in [3.8, 4) is 0 Å². The van der Waals surface area contributed by atoms with Gasteiger partial charge in [0, 0.05) is 6.20 Å². The summed E-state index contributed by atoms with van der Waals surface area (Å²) in [5.74, 6) is 0.297. The van der Waals surface area contributed by atoms with Crippen molar-refractivity contribution < 1.29 is 9.90 Å². The summed E-state index contributed by atoms with van der Waals surface area (Å²) in [6.45, 7) is 3.56. The number of carboxylic acids is 1. The molecule has 1 rings (SSSR count). The SMILES string of the molecule is CCC(Nc1ccnc(C)n1)C(=O)O. The zero-order valence-electron chi connectivity index (χ0n) is 8.19. The van der Waals surface area contributed by atoms with Gasteiger partial charge in [-0.15, -0.1) is 0 Å². The predicted octanol–water partition coefficient (Wildman–Crippen LogP) is 1.06. The minimum absolute atomic E-state index is 0.512. The van der Waals surface area contributed by atoms with Crippen LogP contribution in [0.3, 0.4) is 0 Å². The largest absolute Gasteiger partial charge is 0.480 e. The average Bonchev–Trinajstić information content (AvgIpc) is 2.14. The van der Waals surface area contributed by atoms with E-state index in [1.54, 1.807) is 26.1 Å².